The fourth-order valence-corrected chi connectivity index (χ4v) is 3.27. The van der Waals surface area contributed by atoms with Crippen molar-refractivity contribution in [2.24, 2.45) is 0 Å². The molecule has 22 heavy (non-hydrogen) atoms. The zero-order chi connectivity index (χ0) is 15.1. The number of furan rings is 1. The SMILES string of the molecule is O=c1[nH]c(-c2ccco2)nc2scc(-c3ccc(F)cc3)c12. The van der Waals surface area contributed by atoms with E-state index in [1.807, 2.05) is 5.38 Å². The van der Waals surface area contributed by atoms with E-state index in [0.29, 0.717) is 21.8 Å². The van der Waals surface area contributed by atoms with Crippen LogP contribution in [-0.2, 0) is 0 Å². The average molecular weight is 312 g/mol. The van der Waals surface area contributed by atoms with Gasteiger partial charge in [0, 0.05) is 10.9 Å². The maximum Gasteiger partial charge on any atom is 0.260 e. The molecule has 3 heterocycles. The summed E-state index contributed by atoms with van der Waals surface area (Å²) in [5, 5.41) is 2.36. The van der Waals surface area contributed by atoms with E-state index >= 15 is 0 Å². The lowest BCUT2D eigenvalue weighted by atomic mass is 10.1. The minimum atomic E-state index is -0.310. The molecule has 0 fully saturated rings. The van der Waals surface area contributed by atoms with Gasteiger partial charge in [-0.25, -0.2) is 9.37 Å². The standard InChI is InChI=1S/C16H9FN2O2S/c17-10-5-3-9(4-6-10)11-8-22-16-13(11)15(20)18-14(19-16)12-2-1-7-21-12/h1-8H,(H,18,19,20). The number of hydrogen-bond acceptors (Lipinski definition) is 4. The van der Waals surface area contributed by atoms with Crippen molar-refractivity contribution in [1.82, 2.24) is 9.97 Å². The molecule has 1 aromatic carbocycles. The van der Waals surface area contributed by atoms with E-state index in [4.69, 9.17) is 4.42 Å². The van der Waals surface area contributed by atoms with Crippen molar-refractivity contribution in [3.8, 4) is 22.7 Å². The summed E-state index contributed by atoms with van der Waals surface area (Å²) in [6.07, 6.45) is 1.53. The van der Waals surface area contributed by atoms with E-state index in [1.54, 1.807) is 24.3 Å². The second-order valence-electron chi connectivity index (χ2n) is 4.73. The van der Waals surface area contributed by atoms with Gasteiger partial charge in [0.1, 0.15) is 10.6 Å². The van der Waals surface area contributed by atoms with E-state index in [1.165, 1.54) is 29.7 Å². The highest BCUT2D eigenvalue weighted by atomic mass is 32.1. The fourth-order valence-electron chi connectivity index (χ4n) is 2.32. The van der Waals surface area contributed by atoms with Gasteiger partial charge in [0.2, 0.25) is 0 Å². The van der Waals surface area contributed by atoms with Crippen molar-refractivity contribution in [3.05, 3.63) is 64.2 Å². The van der Waals surface area contributed by atoms with Crippen LogP contribution in [0, 0.1) is 5.82 Å². The third kappa shape index (κ3) is 2.05. The number of fused-ring (bicyclic) bond motifs is 1. The molecule has 0 aliphatic rings. The van der Waals surface area contributed by atoms with Crippen LogP contribution in [0.5, 0.6) is 0 Å². The molecule has 0 amide bonds. The number of nitrogens with zero attached hydrogens (tertiary/aromatic N) is 1. The van der Waals surface area contributed by atoms with Crippen LogP contribution < -0.4 is 5.56 Å². The maximum absolute atomic E-state index is 13.0. The van der Waals surface area contributed by atoms with Crippen molar-refractivity contribution in [2.75, 3.05) is 0 Å². The number of hydrogen-bond donors (Lipinski definition) is 1. The van der Waals surface area contributed by atoms with Gasteiger partial charge in [0.15, 0.2) is 11.6 Å². The molecule has 108 valence electrons. The normalized spacial score (nSPS) is 11.1. The molecule has 3 aromatic heterocycles. The third-order valence-electron chi connectivity index (χ3n) is 3.35. The molecule has 4 aromatic rings. The summed E-state index contributed by atoms with van der Waals surface area (Å²) >= 11 is 1.37. The molecule has 0 saturated heterocycles. The van der Waals surface area contributed by atoms with Gasteiger partial charge in [-0.2, -0.15) is 0 Å². The Morgan fingerprint density at radius 3 is 2.73 bits per heavy atom. The van der Waals surface area contributed by atoms with Gasteiger partial charge in [-0.1, -0.05) is 12.1 Å². The molecule has 0 aliphatic carbocycles. The number of aromatic amines is 1. The fraction of sp³-hybridized carbons (Fsp3) is 0. The highest BCUT2D eigenvalue weighted by Crippen LogP contribution is 2.31. The number of thiophene rings is 1. The monoisotopic (exact) mass is 312 g/mol. The van der Waals surface area contributed by atoms with Gasteiger partial charge >= 0.3 is 0 Å². The molecule has 6 heteroatoms. The minimum Gasteiger partial charge on any atom is -0.461 e. The minimum absolute atomic E-state index is 0.239. The Bertz CT molecular complexity index is 1000. The van der Waals surface area contributed by atoms with Crippen molar-refractivity contribution in [2.45, 2.75) is 0 Å². The van der Waals surface area contributed by atoms with E-state index < -0.39 is 0 Å². The molecular weight excluding hydrogens is 303 g/mol. The van der Waals surface area contributed by atoms with E-state index in [2.05, 4.69) is 9.97 Å². The third-order valence-corrected chi connectivity index (χ3v) is 4.23. The Kier molecular flexibility index (Phi) is 2.90. The van der Waals surface area contributed by atoms with E-state index in [0.717, 1.165) is 11.1 Å². The van der Waals surface area contributed by atoms with Crippen molar-refractivity contribution in [1.29, 1.82) is 0 Å². The van der Waals surface area contributed by atoms with Crippen LogP contribution >= 0.6 is 11.3 Å². The molecule has 0 spiro atoms. The Morgan fingerprint density at radius 1 is 1.18 bits per heavy atom. The molecule has 0 unspecified atom stereocenters. The predicted molar refractivity (Wildman–Crippen MR) is 83.3 cm³/mol. The first-order chi connectivity index (χ1) is 10.7. The largest absolute Gasteiger partial charge is 0.461 e. The Balaban J connectivity index is 1.93. The van der Waals surface area contributed by atoms with Gasteiger partial charge in [0.05, 0.1) is 11.6 Å². The summed E-state index contributed by atoms with van der Waals surface area (Å²) < 4.78 is 18.3. The van der Waals surface area contributed by atoms with Crippen molar-refractivity contribution in [3.63, 3.8) is 0 Å². The van der Waals surface area contributed by atoms with Gasteiger partial charge in [-0.15, -0.1) is 11.3 Å². The highest BCUT2D eigenvalue weighted by Gasteiger charge is 2.14. The Morgan fingerprint density at radius 2 is 2.00 bits per heavy atom. The first-order valence-corrected chi connectivity index (χ1v) is 7.42. The lowest BCUT2D eigenvalue weighted by molar-refractivity contribution is 0.577. The average Bonchev–Trinajstić information content (AvgIpc) is 3.17. The van der Waals surface area contributed by atoms with Crippen LogP contribution in [-0.4, -0.2) is 9.97 Å². The zero-order valence-electron chi connectivity index (χ0n) is 11.2. The van der Waals surface area contributed by atoms with E-state index in [9.17, 15) is 9.18 Å². The summed E-state index contributed by atoms with van der Waals surface area (Å²) in [6, 6.07) is 9.51. The summed E-state index contributed by atoms with van der Waals surface area (Å²) in [6.45, 7) is 0. The van der Waals surface area contributed by atoms with Crippen molar-refractivity contribution >= 4 is 21.6 Å². The predicted octanol–water partition coefficient (Wildman–Crippen LogP) is 4.05. The van der Waals surface area contributed by atoms with Crippen molar-refractivity contribution < 1.29 is 8.81 Å². The molecule has 0 bridgehead atoms. The number of aromatic nitrogens is 2. The number of rotatable bonds is 2. The summed E-state index contributed by atoms with van der Waals surface area (Å²) in [4.78, 5) is 20.2. The van der Waals surface area contributed by atoms with Crippen LogP contribution in [0.2, 0.25) is 0 Å². The molecule has 0 saturated carbocycles. The molecule has 0 aliphatic heterocycles. The first-order valence-electron chi connectivity index (χ1n) is 6.54. The lowest BCUT2D eigenvalue weighted by Gasteiger charge is -2.00. The summed E-state index contributed by atoms with van der Waals surface area (Å²) in [5.41, 5.74) is 1.29. The van der Waals surface area contributed by atoms with Gasteiger partial charge in [-0.05, 0) is 29.8 Å². The topological polar surface area (TPSA) is 58.9 Å². The molecule has 0 atom stereocenters. The number of nitrogens with one attached hydrogen (secondary N) is 1. The molecule has 4 rings (SSSR count). The van der Waals surface area contributed by atoms with Crippen LogP contribution in [0.4, 0.5) is 4.39 Å². The quantitative estimate of drug-likeness (QED) is 0.607. The van der Waals surface area contributed by atoms with Crippen LogP contribution in [0.15, 0.2) is 57.3 Å². The zero-order valence-corrected chi connectivity index (χ0v) is 12.0. The number of H-pyrrole nitrogens is 1. The van der Waals surface area contributed by atoms with Gasteiger partial charge in [-0.3, -0.25) is 4.79 Å². The van der Waals surface area contributed by atoms with Crippen LogP contribution in [0.25, 0.3) is 32.9 Å². The smallest absolute Gasteiger partial charge is 0.260 e. The summed E-state index contributed by atoms with van der Waals surface area (Å²) in [5.74, 6) is 0.598. The first kappa shape index (κ1) is 13.0. The maximum atomic E-state index is 13.0. The second-order valence-corrected chi connectivity index (χ2v) is 5.59. The molecule has 1 N–H and O–H groups in total. The van der Waals surface area contributed by atoms with Gasteiger partial charge in [0.25, 0.3) is 5.56 Å². The lowest BCUT2D eigenvalue weighted by Crippen LogP contribution is -2.08. The molecular formula is C16H9FN2O2S. The highest BCUT2D eigenvalue weighted by molar-refractivity contribution is 7.17. The second kappa shape index (κ2) is 4.92. The van der Waals surface area contributed by atoms with Crippen LogP contribution in [0.3, 0.4) is 0 Å². The van der Waals surface area contributed by atoms with E-state index in [-0.39, 0.29) is 11.4 Å². The Hall–Kier alpha value is -2.73. The molecule has 0 radical (unpaired) electrons. The van der Waals surface area contributed by atoms with Gasteiger partial charge < -0.3 is 9.40 Å². The molecule has 4 nitrogen and oxygen atoms in total. The Labute approximate surface area is 127 Å². The van der Waals surface area contributed by atoms with Crippen LogP contribution in [0.1, 0.15) is 0 Å². The number of benzene rings is 1. The summed E-state index contributed by atoms with van der Waals surface area (Å²) in [7, 11) is 0. The number of halogens is 1.